The lowest BCUT2D eigenvalue weighted by Crippen LogP contribution is -2.12. The zero-order valence-electron chi connectivity index (χ0n) is 9.58. The summed E-state index contributed by atoms with van der Waals surface area (Å²) < 4.78 is 26.0. The van der Waals surface area contributed by atoms with Crippen molar-refractivity contribution >= 4 is 40.2 Å². The molecule has 0 saturated heterocycles. The van der Waals surface area contributed by atoms with E-state index in [0.29, 0.717) is 22.0 Å². The second-order valence-electron chi connectivity index (χ2n) is 3.78. The highest BCUT2D eigenvalue weighted by atomic mass is 35.5. The van der Waals surface area contributed by atoms with Crippen LogP contribution in [-0.4, -0.2) is 4.99 Å². The fourth-order valence-corrected chi connectivity index (χ4v) is 2.16. The molecule has 3 N–H and O–H groups in total. The van der Waals surface area contributed by atoms with E-state index in [9.17, 15) is 8.78 Å². The summed E-state index contributed by atoms with van der Waals surface area (Å²) in [5.41, 5.74) is 6.97. The van der Waals surface area contributed by atoms with E-state index in [0.717, 1.165) is 12.1 Å². The van der Waals surface area contributed by atoms with Crippen molar-refractivity contribution in [3.05, 3.63) is 58.6 Å². The first-order chi connectivity index (χ1) is 8.99. The Hall–Kier alpha value is -1.72. The van der Waals surface area contributed by atoms with Gasteiger partial charge in [-0.15, -0.1) is 0 Å². The van der Waals surface area contributed by atoms with Crippen molar-refractivity contribution in [1.29, 1.82) is 0 Å². The maximum Gasteiger partial charge on any atom is 0.160 e. The van der Waals surface area contributed by atoms with Crippen molar-refractivity contribution in [3.8, 4) is 0 Å². The van der Waals surface area contributed by atoms with Gasteiger partial charge in [-0.05, 0) is 24.3 Å². The number of nitrogens with one attached hydrogen (secondary N) is 1. The third-order valence-corrected chi connectivity index (χ3v) is 2.98. The number of thiocarbonyl (C=S) groups is 1. The zero-order valence-corrected chi connectivity index (χ0v) is 11.2. The van der Waals surface area contributed by atoms with Crippen molar-refractivity contribution in [2.45, 2.75) is 0 Å². The highest BCUT2D eigenvalue weighted by molar-refractivity contribution is 7.80. The molecule has 0 bridgehead atoms. The molecule has 6 heteroatoms. The molecule has 2 nitrogen and oxygen atoms in total. The molecule has 0 saturated carbocycles. The number of hydrogen-bond acceptors (Lipinski definition) is 2. The molecular weight excluding hydrogens is 290 g/mol. The van der Waals surface area contributed by atoms with Crippen molar-refractivity contribution in [3.63, 3.8) is 0 Å². The molecule has 98 valence electrons. The molecule has 0 heterocycles. The van der Waals surface area contributed by atoms with Crippen LogP contribution in [0.2, 0.25) is 5.02 Å². The van der Waals surface area contributed by atoms with Gasteiger partial charge < -0.3 is 11.1 Å². The second kappa shape index (κ2) is 5.50. The molecule has 2 aromatic carbocycles. The summed E-state index contributed by atoms with van der Waals surface area (Å²) in [6.07, 6.45) is 0. The Morgan fingerprint density at radius 2 is 1.89 bits per heavy atom. The molecule has 2 rings (SSSR count). The van der Waals surface area contributed by atoms with E-state index >= 15 is 0 Å². The summed E-state index contributed by atoms with van der Waals surface area (Å²) >= 11 is 10.9. The van der Waals surface area contributed by atoms with Crippen LogP contribution in [0.5, 0.6) is 0 Å². The SMILES string of the molecule is NC(=S)c1c(Cl)cccc1Nc1ccc(F)c(F)c1. The normalized spacial score (nSPS) is 10.3. The largest absolute Gasteiger partial charge is 0.389 e. The summed E-state index contributed by atoms with van der Waals surface area (Å²) in [7, 11) is 0. The van der Waals surface area contributed by atoms with Gasteiger partial charge in [-0.1, -0.05) is 29.9 Å². The summed E-state index contributed by atoms with van der Waals surface area (Å²) in [5.74, 6) is -1.85. The molecule has 0 spiro atoms. The molecule has 2 aromatic rings. The van der Waals surface area contributed by atoms with Crippen molar-refractivity contribution in [1.82, 2.24) is 0 Å². The topological polar surface area (TPSA) is 38.0 Å². The molecular formula is C13H9ClF2N2S. The molecule has 0 aliphatic heterocycles. The van der Waals surface area contributed by atoms with Crippen molar-refractivity contribution < 1.29 is 8.78 Å². The third kappa shape index (κ3) is 3.00. The molecule has 0 aromatic heterocycles. The second-order valence-corrected chi connectivity index (χ2v) is 4.63. The van der Waals surface area contributed by atoms with Crippen LogP contribution in [0, 0.1) is 11.6 Å². The minimum Gasteiger partial charge on any atom is -0.389 e. The maximum absolute atomic E-state index is 13.1. The first kappa shape index (κ1) is 13.7. The van der Waals surface area contributed by atoms with E-state index in [4.69, 9.17) is 29.6 Å². The number of benzene rings is 2. The lowest BCUT2D eigenvalue weighted by molar-refractivity contribution is 0.509. The molecule has 0 aliphatic carbocycles. The third-order valence-electron chi connectivity index (χ3n) is 2.46. The predicted molar refractivity (Wildman–Crippen MR) is 77.0 cm³/mol. The van der Waals surface area contributed by atoms with Gasteiger partial charge >= 0.3 is 0 Å². The van der Waals surface area contributed by atoms with Gasteiger partial charge in [-0.2, -0.15) is 0 Å². The van der Waals surface area contributed by atoms with Crippen LogP contribution in [0.25, 0.3) is 0 Å². The lowest BCUT2D eigenvalue weighted by Gasteiger charge is -2.12. The van der Waals surface area contributed by atoms with E-state index in [1.165, 1.54) is 6.07 Å². The smallest absolute Gasteiger partial charge is 0.160 e. The average Bonchev–Trinajstić information content (AvgIpc) is 2.33. The van der Waals surface area contributed by atoms with Gasteiger partial charge in [0.2, 0.25) is 0 Å². The van der Waals surface area contributed by atoms with Crippen LogP contribution in [0.3, 0.4) is 0 Å². The number of anilines is 2. The molecule has 0 radical (unpaired) electrons. The zero-order chi connectivity index (χ0) is 14.0. The van der Waals surface area contributed by atoms with Gasteiger partial charge in [0.1, 0.15) is 4.99 Å². The molecule has 0 amide bonds. The van der Waals surface area contributed by atoms with E-state index < -0.39 is 11.6 Å². The Bertz CT molecular complexity index is 647. The quantitative estimate of drug-likeness (QED) is 0.841. The number of halogens is 3. The Balaban J connectivity index is 2.40. The highest BCUT2D eigenvalue weighted by Crippen LogP contribution is 2.27. The standard InChI is InChI=1S/C13H9ClF2N2S/c14-8-2-1-3-11(12(8)13(17)19)18-7-4-5-9(15)10(16)6-7/h1-6,18H,(H2,17,19). The van der Waals surface area contributed by atoms with E-state index in [1.54, 1.807) is 18.2 Å². The number of rotatable bonds is 3. The summed E-state index contributed by atoms with van der Waals surface area (Å²) in [5, 5.41) is 3.29. The first-order valence-electron chi connectivity index (χ1n) is 5.29. The lowest BCUT2D eigenvalue weighted by atomic mass is 10.1. The molecule has 0 atom stereocenters. The number of hydrogen-bond donors (Lipinski definition) is 2. The molecule has 0 fully saturated rings. The minimum atomic E-state index is -0.941. The van der Waals surface area contributed by atoms with Crippen LogP contribution in [0.15, 0.2) is 36.4 Å². The Labute approximate surface area is 119 Å². The van der Waals surface area contributed by atoms with Crippen LogP contribution in [-0.2, 0) is 0 Å². The van der Waals surface area contributed by atoms with Gasteiger partial charge in [0.15, 0.2) is 11.6 Å². The van der Waals surface area contributed by atoms with E-state index in [1.807, 2.05) is 0 Å². The van der Waals surface area contributed by atoms with Gasteiger partial charge in [-0.25, -0.2) is 8.78 Å². The maximum atomic E-state index is 13.1. The Kier molecular flexibility index (Phi) is 3.97. The van der Waals surface area contributed by atoms with Gasteiger partial charge in [0.25, 0.3) is 0 Å². The van der Waals surface area contributed by atoms with Crippen molar-refractivity contribution in [2.75, 3.05) is 5.32 Å². The van der Waals surface area contributed by atoms with Crippen molar-refractivity contribution in [2.24, 2.45) is 5.73 Å². The highest BCUT2D eigenvalue weighted by Gasteiger charge is 2.10. The Morgan fingerprint density at radius 1 is 1.16 bits per heavy atom. The van der Waals surface area contributed by atoms with Crippen LogP contribution >= 0.6 is 23.8 Å². The van der Waals surface area contributed by atoms with Gasteiger partial charge in [0, 0.05) is 11.8 Å². The first-order valence-corrected chi connectivity index (χ1v) is 6.08. The van der Waals surface area contributed by atoms with Crippen LogP contribution < -0.4 is 11.1 Å². The number of nitrogens with two attached hydrogens (primary N) is 1. The molecule has 0 unspecified atom stereocenters. The molecule has 0 aliphatic rings. The summed E-state index contributed by atoms with van der Waals surface area (Å²) in [6.45, 7) is 0. The van der Waals surface area contributed by atoms with E-state index in [2.05, 4.69) is 5.32 Å². The minimum absolute atomic E-state index is 0.121. The van der Waals surface area contributed by atoms with E-state index in [-0.39, 0.29) is 4.99 Å². The Morgan fingerprint density at radius 3 is 2.53 bits per heavy atom. The fourth-order valence-electron chi connectivity index (χ4n) is 1.61. The predicted octanol–water partition coefficient (Wildman–Crippen LogP) is 4.00. The molecule has 19 heavy (non-hydrogen) atoms. The fraction of sp³-hybridized carbons (Fsp3) is 0. The van der Waals surface area contributed by atoms with Crippen LogP contribution in [0.1, 0.15) is 5.56 Å². The van der Waals surface area contributed by atoms with Crippen LogP contribution in [0.4, 0.5) is 20.2 Å². The van der Waals surface area contributed by atoms with Gasteiger partial charge in [0.05, 0.1) is 16.3 Å². The summed E-state index contributed by atoms with van der Waals surface area (Å²) in [6, 6.07) is 8.52. The summed E-state index contributed by atoms with van der Waals surface area (Å²) in [4.78, 5) is 0.121. The average molecular weight is 299 g/mol. The van der Waals surface area contributed by atoms with Gasteiger partial charge in [-0.3, -0.25) is 0 Å². The monoisotopic (exact) mass is 298 g/mol.